The number of benzene rings is 1. The van der Waals surface area contributed by atoms with Crippen LogP contribution in [0, 0.1) is 6.92 Å². The predicted molar refractivity (Wildman–Crippen MR) is 100 cm³/mol. The Morgan fingerprint density at radius 2 is 1.96 bits per heavy atom. The first kappa shape index (κ1) is 17.8. The van der Waals surface area contributed by atoms with E-state index in [0.29, 0.717) is 6.54 Å². The number of para-hydroxylation sites is 1. The molecule has 3 aliphatic heterocycles. The third-order valence-electron chi connectivity index (χ3n) is 6.29. The number of aliphatic hydroxyl groups is 1. The van der Waals surface area contributed by atoms with Gasteiger partial charge in [0.15, 0.2) is 0 Å². The van der Waals surface area contributed by atoms with Crippen molar-refractivity contribution in [3.8, 4) is 0 Å². The quantitative estimate of drug-likeness (QED) is 0.868. The summed E-state index contributed by atoms with van der Waals surface area (Å²) in [4.78, 5) is 18.3. The summed E-state index contributed by atoms with van der Waals surface area (Å²) >= 11 is 0. The topological polar surface area (TPSA) is 56.2 Å². The van der Waals surface area contributed by atoms with Crippen molar-refractivity contribution in [2.24, 2.45) is 0 Å². The van der Waals surface area contributed by atoms with Gasteiger partial charge in [-0.05, 0) is 31.4 Å². The molecule has 0 bridgehead atoms. The number of β-amino-alcohol motifs (C(OH)–C–C–N with tert-alkyl or cyclic N) is 1. The third kappa shape index (κ3) is 3.33. The lowest BCUT2D eigenvalue weighted by molar-refractivity contribution is -0.150. The number of anilines is 1. The summed E-state index contributed by atoms with van der Waals surface area (Å²) in [5, 5.41) is 11.1. The molecule has 0 aromatic heterocycles. The van der Waals surface area contributed by atoms with E-state index in [2.05, 4.69) is 41.0 Å². The Morgan fingerprint density at radius 3 is 2.69 bits per heavy atom. The van der Waals surface area contributed by atoms with Gasteiger partial charge < -0.3 is 19.6 Å². The summed E-state index contributed by atoms with van der Waals surface area (Å²) in [6, 6.07) is 8.56. The number of nitrogens with zero attached hydrogens (tertiary/aromatic N) is 3. The Bertz CT molecular complexity index is 672. The van der Waals surface area contributed by atoms with E-state index in [0.717, 1.165) is 39.0 Å². The highest BCUT2D eigenvalue weighted by Gasteiger charge is 2.44. The van der Waals surface area contributed by atoms with Crippen LogP contribution >= 0.6 is 0 Å². The van der Waals surface area contributed by atoms with Gasteiger partial charge in [-0.25, -0.2) is 0 Å². The molecule has 1 N–H and O–H groups in total. The summed E-state index contributed by atoms with van der Waals surface area (Å²) < 4.78 is 5.70. The number of hydrogen-bond donors (Lipinski definition) is 1. The first-order valence-electron chi connectivity index (χ1n) is 9.58. The highest BCUT2D eigenvalue weighted by atomic mass is 16.5. The highest BCUT2D eigenvalue weighted by Crippen LogP contribution is 2.31. The van der Waals surface area contributed by atoms with Crippen molar-refractivity contribution >= 4 is 11.6 Å². The Morgan fingerprint density at radius 1 is 1.23 bits per heavy atom. The van der Waals surface area contributed by atoms with Crippen LogP contribution < -0.4 is 4.90 Å². The van der Waals surface area contributed by atoms with Gasteiger partial charge in [0.05, 0.1) is 17.7 Å². The minimum atomic E-state index is -0.657. The molecule has 2 atom stereocenters. The molecule has 6 heteroatoms. The van der Waals surface area contributed by atoms with E-state index in [1.807, 2.05) is 11.9 Å². The maximum Gasteiger partial charge on any atom is 0.248 e. The zero-order valence-electron chi connectivity index (χ0n) is 15.7. The number of likely N-dealkylation sites (tertiary alicyclic amines) is 1. The fourth-order valence-corrected chi connectivity index (χ4v) is 4.62. The zero-order chi connectivity index (χ0) is 18.3. The molecule has 3 fully saturated rings. The van der Waals surface area contributed by atoms with Crippen LogP contribution in [0.15, 0.2) is 24.3 Å². The molecule has 3 aliphatic rings. The van der Waals surface area contributed by atoms with E-state index in [1.165, 1.54) is 11.3 Å². The van der Waals surface area contributed by atoms with Crippen molar-refractivity contribution in [2.75, 3.05) is 51.3 Å². The molecule has 0 spiro atoms. The number of piperidine rings is 1. The molecule has 6 nitrogen and oxygen atoms in total. The van der Waals surface area contributed by atoms with E-state index in [9.17, 15) is 9.90 Å². The van der Waals surface area contributed by atoms with Crippen LogP contribution in [0.1, 0.15) is 18.4 Å². The van der Waals surface area contributed by atoms with Crippen LogP contribution in [0.3, 0.4) is 0 Å². The van der Waals surface area contributed by atoms with E-state index < -0.39 is 5.60 Å². The van der Waals surface area contributed by atoms with Gasteiger partial charge in [-0.1, -0.05) is 18.2 Å². The van der Waals surface area contributed by atoms with Gasteiger partial charge in [0.1, 0.15) is 6.61 Å². The van der Waals surface area contributed by atoms with Crippen LogP contribution in [0.2, 0.25) is 0 Å². The molecule has 0 saturated carbocycles. The first-order valence-corrected chi connectivity index (χ1v) is 9.58. The molecule has 0 unspecified atom stereocenters. The molecule has 142 valence electrons. The Kier molecular flexibility index (Phi) is 4.67. The van der Waals surface area contributed by atoms with Crippen molar-refractivity contribution in [3.05, 3.63) is 29.8 Å². The fourth-order valence-electron chi connectivity index (χ4n) is 4.62. The molecule has 0 radical (unpaired) electrons. The maximum absolute atomic E-state index is 11.8. The second kappa shape index (κ2) is 6.83. The van der Waals surface area contributed by atoms with Gasteiger partial charge in [0.2, 0.25) is 5.91 Å². The minimum absolute atomic E-state index is 0.0540. The van der Waals surface area contributed by atoms with E-state index in [4.69, 9.17) is 4.74 Å². The van der Waals surface area contributed by atoms with Crippen molar-refractivity contribution in [1.29, 1.82) is 0 Å². The number of fused-ring (bicyclic) bond motifs is 1. The third-order valence-corrected chi connectivity index (χ3v) is 6.29. The highest BCUT2D eigenvalue weighted by molar-refractivity contribution is 5.78. The number of rotatable bonds is 3. The van der Waals surface area contributed by atoms with E-state index in [1.54, 1.807) is 0 Å². The molecule has 3 saturated heterocycles. The Labute approximate surface area is 155 Å². The van der Waals surface area contributed by atoms with E-state index >= 15 is 0 Å². The summed E-state index contributed by atoms with van der Waals surface area (Å²) in [6.45, 7) is 6.31. The molecule has 1 aromatic carbocycles. The summed E-state index contributed by atoms with van der Waals surface area (Å²) in [7, 11) is 1.86. The zero-order valence-corrected chi connectivity index (χ0v) is 15.7. The SMILES string of the molecule is Cc1ccccc1N1CCC(O)(CN2C[C@@H]3OCC(=O)N(C)[C@H]3C2)CC1. The van der Waals surface area contributed by atoms with Crippen LogP contribution in [0.25, 0.3) is 0 Å². The van der Waals surface area contributed by atoms with Gasteiger partial charge in [-0.15, -0.1) is 0 Å². The van der Waals surface area contributed by atoms with Gasteiger partial charge in [-0.2, -0.15) is 0 Å². The van der Waals surface area contributed by atoms with Crippen molar-refractivity contribution in [3.63, 3.8) is 0 Å². The molecule has 26 heavy (non-hydrogen) atoms. The Hall–Kier alpha value is -1.63. The monoisotopic (exact) mass is 359 g/mol. The van der Waals surface area contributed by atoms with Crippen LogP contribution in [-0.2, 0) is 9.53 Å². The summed E-state index contributed by atoms with van der Waals surface area (Å²) in [5.74, 6) is 0.0540. The Balaban J connectivity index is 1.35. The molecule has 4 rings (SSSR count). The van der Waals surface area contributed by atoms with E-state index in [-0.39, 0.29) is 24.7 Å². The number of likely N-dealkylation sites (N-methyl/N-ethyl adjacent to an activating group) is 1. The average Bonchev–Trinajstić information content (AvgIpc) is 3.02. The fraction of sp³-hybridized carbons (Fsp3) is 0.650. The maximum atomic E-state index is 11.8. The number of carbonyl (C=O) groups excluding carboxylic acids is 1. The van der Waals surface area contributed by atoms with Crippen LogP contribution in [0.4, 0.5) is 5.69 Å². The van der Waals surface area contributed by atoms with Gasteiger partial charge in [0, 0.05) is 45.5 Å². The molecule has 1 amide bonds. The smallest absolute Gasteiger partial charge is 0.248 e. The number of amides is 1. The predicted octanol–water partition coefficient (Wildman–Crippen LogP) is 0.868. The average molecular weight is 359 g/mol. The van der Waals surface area contributed by atoms with Gasteiger partial charge in [-0.3, -0.25) is 9.69 Å². The summed E-state index contributed by atoms with van der Waals surface area (Å²) in [5.41, 5.74) is 1.90. The lowest BCUT2D eigenvalue weighted by Gasteiger charge is -2.41. The number of aryl methyl sites for hydroxylation is 1. The first-order chi connectivity index (χ1) is 12.5. The van der Waals surface area contributed by atoms with Crippen LogP contribution in [-0.4, -0.2) is 84.9 Å². The normalized spacial score (nSPS) is 29.1. The molecular weight excluding hydrogens is 330 g/mol. The molecule has 1 aromatic rings. The van der Waals surface area contributed by atoms with Gasteiger partial charge >= 0.3 is 0 Å². The number of hydrogen-bond acceptors (Lipinski definition) is 5. The number of morpholine rings is 1. The molecule has 3 heterocycles. The van der Waals surface area contributed by atoms with Gasteiger partial charge in [0.25, 0.3) is 0 Å². The second-order valence-electron chi connectivity index (χ2n) is 8.11. The lowest BCUT2D eigenvalue weighted by atomic mass is 9.90. The largest absolute Gasteiger partial charge is 0.388 e. The summed E-state index contributed by atoms with van der Waals surface area (Å²) in [6.07, 6.45) is 1.61. The lowest BCUT2D eigenvalue weighted by Crippen LogP contribution is -2.52. The molecule has 0 aliphatic carbocycles. The van der Waals surface area contributed by atoms with Crippen LogP contribution in [0.5, 0.6) is 0 Å². The standard InChI is InChI=1S/C20H29N3O3/c1-15-5-3-4-6-16(15)23-9-7-20(25,8-10-23)14-22-11-17-18(12-22)26-13-19(24)21(17)2/h3-6,17-18,25H,7-14H2,1-2H3/t17-,18-/m0/s1. The van der Waals surface area contributed by atoms with Crippen molar-refractivity contribution in [2.45, 2.75) is 37.5 Å². The minimum Gasteiger partial charge on any atom is -0.388 e. The second-order valence-corrected chi connectivity index (χ2v) is 8.11. The van der Waals surface area contributed by atoms with Crippen molar-refractivity contribution in [1.82, 2.24) is 9.80 Å². The van der Waals surface area contributed by atoms with Crippen molar-refractivity contribution < 1.29 is 14.6 Å². The number of ether oxygens (including phenoxy) is 1. The number of carbonyl (C=O) groups is 1. The molecular formula is C20H29N3O3.